The Morgan fingerprint density at radius 1 is 1.22 bits per heavy atom. The molecular formula is C13H18N4S. The summed E-state index contributed by atoms with van der Waals surface area (Å²) in [6.45, 7) is 0. The number of hydrogen-bond donors (Lipinski definition) is 1. The van der Waals surface area contributed by atoms with Gasteiger partial charge in [-0.25, -0.2) is 4.98 Å². The number of hydrogen-bond acceptors (Lipinski definition) is 4. The molecule has 18 heavy (non-hydrogen) atoms. The van der Waals surface area contributed by atoms with Crippen LogP contribution in [0.15, 0.2) is 17.8 Å². The normalized spacial score (nSPS) is 17.8. The Labute approximate surface area is 111 Å². The van der Waals surface area contributed by atoms with Crippen LogP contribution in [-0.2, 0) is 0 Å². The lowest BCUT2D eigenvalue weighted by Crippen LogP contribution is -2.08. The van der Waals surface area contributed by atoms with Crippen molar-refractivity contribution in [2.24, 2.45) is 0 Å². The van der Waals surface area contributed by atoms with Gasteiger partial charge in [0, 0.05) is 17.8 Å². The Morgan fingerprint density at radius 2 is 2.00 bits per heavy atom. The molecule has 0 bridgehead atoms. The van der Waals surface area contributed by atoms with Crippen LogP contribution >= 0.6 is 11.3 Å². The number of rotatable bonds is 2. The highest BCUT2D eigenvalue weighted by Gasteiger charge is 2.18. The lowest BCUT2D eigenvalue weighted by Gasteiger charge is -2.14. The number of thiazole rings is 1. The highest BCUT2D eigenvalue weighted by atomic mass is 32.1. The van der Waals surface area contributed by atoms with Gasteiger partial charge in [-0.2, -0.15) is 5.10 Å². The van der Waals surface area contributed by atoms with E-state index >= 15 is 0 Å². The van der Waals surface area contributed by atoms with Crippen molar-refractivity contribution < 1.29 is 0 Å². The summed E-state index contributed by atoms with van der Waals surface area (Å²) in [6.07, 6.45) is 11.5. The van der Waals surface area contributed by atoms with Crippen molar-refractivity contribution >= 4 is 17.0 Å². The minimum atomic E-state index is 0.517. The van der Waals surface area contributed by atoms with E-state index in [0.29, 0.717) is 6.04 Å². The predicted molar refractivity (Wildman–Crippen MR) is 74.5 cm³/mol. The maximum atomic E-state index is 6.06. The third-order valence-corrected chi connectivity index (χ3v) is 4.37. The second-order valence-corrected chi connectivity index (χ2v) is 5.79. The molecule has 0 atom stereocenters. The van der Waals surface area contributed by atoms with Crippen LogP contribution in [0.5, 0.6) is 0 Å². The first kappa shape index (κ1) is 11.7. The predicted octanol–water partition coefficient (Wildman–Crippen LogP) is 3.48. The van der Waals surface area contributed by atoms with Crippen molar-refractivity contribution in [1.82, 2.24) is 14.8 Å². The van der Waals surface area contributed by atoms with Crippen molar-refractivity contribution in [3.8, 4) is 10.7 Å². The largest absolute Gasteiger partial charge is 0.396 e. The molecular weight excluding hydrogens is 244 g/mol. The number of nitrogen functional groups attached to an aromatic ring is 1. The van der Waals surface area contributed by atoms with Gasteiger partial charge < -0.3 is 5.73 Å². The summed E-state index contributed by atoms with van der Waals surface area (Å²) >= 11 is 1.59. The second-order valence-electron chi connectivity index (χ2n) is 4.90. The molecule has 3 rings (SSSR count). The Bertz CT molecular complexity index is 495. The van der Waals surface area contributed by atoms with Gasteiger partial charge in [-0.1, -0.05) is 25.7 Å². The van der Waals surface area contributed by atoms with Crippen molar-refractivity contribution in [3.63, 3.8) is 0 Å². The van der Waals surface area contributed by atoms with E-state index in [4.69, 9.17) is 5.73 Å². The van der Waals surface area contributed by atoms with Gasteiger partial charge in [0.2, 0.25) is 0 Å². The lowest BCUT2D eigenvalue weighted by molar-refractivity contribution is 0.406. The molecule has 0 spiro atoms. The van der Waals surface area contributed by atoms with Crippen LogP contribution in [-0.4, -0.2) is 14.8 Å². The average Bonchev–Trinajstić information content (AvgIpc) is 2.92. The van der Waals surface area contributed by atoms with Crippen molar-refractivity contribution in [2.75, 3.05) is 5.73 Å². The van der Waals surface area contributed by atoms with E-state index in [1.54, 1.807) is 17.5 Å². The van der Waals surface area contributed by atoms with Crippen LogP contribution in [0.2, 0.25) is 0 Å². The Hall–Kier alpha value is -1.36. The van der Waals surface area contributed by atoms with Gasteiger partial charge in [-0.05, 0) is 12.8 Å². The van der Waals surface area contributed by atoms with Crippen molar-refractivity contribution in [2.45, 2.75) is 44.6 Å². The summed E-state index contributed by atoms with van der Waals surface area (Å²) in [5.74, 6) is 0. The van der Waals surface area contributed by atoms with E-state index in [1.807, 2.05) is 11.6 Å². The molecule has 0 amide bonds. The minimum Gasteiger partial charge on any atom is -0.396 e. The van der Waals surface area contributed by atoms with E-state index in [1.165, 1.54) is 38.5 Å². The molecule has 2 heterocycles. The molecule has 96 valence electrons. The molecule has 1 aliphatic carbocycles. The molecule has 1 aliphatic rings. The molecule has 5 heteroatoms. The fourth-order valence-corrected chi connectivity index (χ4v) is 3.26. The molecule has 1 saturated carbocycles. The van der Waals surface area contributed by atoms with Crippen LogP contribution in [0.1, 0.15) is 44.6 Å². The first-order chi connectivity index (χ1) is 8.84. The van der Waals surface area contributed by atoms with Crippen LogP contribution in [0.25, 0.3) is 10.7 Å². The summed E-state index contributed by atoms with van der Waals surface area (Å²) in [7, 11) is 0. The third kappa shape index (κ3) is 2.27. The average molecular weight is 262 g/mol. The Kier molecular flexibility index (Phi) is 3.32. The zero-order valence-electron chi connectivity index (χ0n) is 10.4. The first-order valence-electron chi connectivity index (χ1n) is 6.59. The van der Waals surface area contributed by atoms with Gasteiger partial charge in [-0.3, -0.25) is 4.68 Å². The lowest BCUT2D eigenvalue weighted by atomic mass is 10.1. The molecule has 2 aromatic rings. The molecule has 4 nitrogen and oxygen atoms in total. The van der Waals surface area contributed by atoms with Crippen LogP contribution in [0.4, 0.5) is 5.69 Å². The molecule has 0 radical (unpaired) electrons. The number of nitrogens with zero attached hydrogens (tertiary/aromatic N) is 3. The van der Waals surface area contributed by atoms with Gasteiger partial charge in [0.25, 0.3) is 0 Å². The summed E-state index contributed by atoms with van der Waals surface area (Å²) in [4.78, 5) is 4.29. The van der Waals surface area contributed by atoms with Crippen molar-refractivity contribution in [1.29, 1.82) is 0 Å². The molecule has 0 unspecified atom stereocenters. The number of nitrogens with two attached hydrogens (primary N) is 1. The van der Waals surface area contributed by atoms with E-state index < -0.39 is 0 Å². The molecule has 1 fully saturated rings. The van der Waals surface area contributed by atoms with Crippen LogP contribution < -0.4 is 5.73 Å². The van der Waals surface area contributed by atoms with E-state index in [0.717, 1.165) is 16.4 Å². The second kappa shape index (κ2) is 5.10. The van der Waals surface area contributed by atoms with Gasteiger partial charge >= 0.3 is 0 Å². The first-order valence-corrected chi connectivity index (χ1v) is 7.47. The smallest absolute Gasteiger partial charge is 0.145 e. The fourth-order valence-electron chi connectivity index (χ4n) is 2.62. The third-order valence-electron chi connectivity index (χ3n) is 3.59. The van der Waals surface area contributed by atoms with Gasteiger partial charge in [0.15, 0.2) is 0 Å². The maximum absolute atomic E-state index is 6.06. The number of anilines is 1. The highest BCUT2D eigenvalue weighted by molar-refractivity contribution is 7.13. The summed E-state index contributed by atoms with van der Waals surface area (Å²) in [6, 6.07) is 0.517. The summed E-state index contributed by atoms with van der Waals surface area (Å²) < 4.78 is 2.07. The minimum absolute atomic E-state index is 0.517. The maximum Gasteiger partial charge on any atom is 0.145 e. The molecule has 0 aliphatic heterocycles. The van der Waals surface area contributed by atoms with Gasteiger partial charge in [0.1, 0.15) is 10.7 Å². The monoisotopic (exact) mass is 262 g/mol. The van der Waals surface area contributed by atoms with Crippen molar-refractivity contribution in [3.05, 3.63) is 17.8 Å². The van der Waals surface area contributed by atoms with E-state index in [-0.39, 0.29) is 0 Å². The number of aromatic nitrogens is 3. The van der Waals surface area contributed by atoms with Gasteiger partial charge in [-0.15, -0.1) is 11.3 Å². The molecule has 2 aromatic heterocycles. The standard InChI is InChI=1S/C13H18N4S/c14-11-9-17(10-5-3-1-2-4-6-10)16-12(11)13-15-7-8-18-13/h7-10H,1-6,14H2. The van der Waals surface area contributed by atoms with Crippen LogP contribution in [0.3, 0.4) is 0 Å². The zero-order chi connectivity index (χ0) is 12.4. The summed E-state index contributed by atoms with van der Waals surface area (Å²) in [5.41, 5.74) is 7.65. The fraction of sp³-hybridized carbons (Fsp3) is 0.538. The highest BCUT2D eigenvalue weighted by Crippen LogP contribution is 2.31. The zero-order valence-corrected chi connectivity index (χ0v) is 11.2. The molecule has 0 aromatic carbocycles. The Morgan fingerprint density at radius 3 is 2.67 bits per heavy atom. The quantitative estimate of drug-likeness (QED) is 0.843. The topological polar surface area (TPSA) is 56.7 Å². The Balaban J connectivity index is 1.87. The SMILES string of the molecule is Nc1cn(C2CCCCCC2)nc1-c1nccs1. The van der Waals surface area contributed by atoms with E-state index in [2.05, 4.69) is 14.8 Å². The summed E-state index contributed by atoms with van der Waals surface area (Å²) in [5, 5.41) is 7.53. The van der Waals surface area contributed by atoms with Crippen LogP contribution in [0, 0.1) is 0 Å². The van der Waals surface area contributed by atoms with E-state index in [9.17, 15) is 0 Å². The van der Waals surface area contributed by atoms with Gasteiger partial charge in [0.05, 0.1) is 11.7 Å². The molecule has 0 saturated heterocycles. The molecule has 2 N–H and O–H groups in total.